The monoisotopic (exact) mass is 295 g/mol. The standard InChI is InChI=1S/C13H7ClFNO4/c14-10-6-8(16(18)19)4-5-13(10)20-12-3-1-2-11(15)9(12)7-17/h1-7H. The second-order valence-electron chi connectivity index (χ2n) is 3.74. The number of hydrogen-bond donors (Lipinski definition) is 0. The lowest BCUT2D eigenvalue weighted by atomic mass is 10.2. The molecule has 0 spiro atoms. The fourth-order valence-electron chi connectivity index (χ4n) is 1.53. The minimum atomic E-state index is -0.726. The minimum Gasteiger partial charge on any atom is -0.455 e. The Morgan fingerprint density at radius 3 is 2.60 bits per heavy atom. The number of ether oxygens (including phenoxy) is 1. The van der Waals surface area contributed by atoms with Crippen LogP contribution in [0.15, 0.2) is 36.4 Å². The number of nitro benzene ring substituents is 1. The number of benzene rings is 2. The molecular formula is C13H7ClFNO4. The number of nitrogens with zero attached hydrogens (tertiary/aromatic N) is 1. The van der Waals surface area contributed by atoms with Crippen LogP contribution in [-0.4, -0.2) is 11.2 Å². The third kappa shape index (κ3) is 2.75. The summed E-state index contributed by atoms with van der Waals surface area (Å²) in [6, 6.07) is 7.47. The van der Waals surface area contributed by atoms with Gasteiger partial charge in [0.15, 0.2) is 6.29 Å². The van der Waals surface area contributed by atoms with Crippen LogP contribution in [0.3, 0.4) is 0 Å². The van der Waals surface area contributed by atoms with Crippen molar-refractivity contribution in [2.24, 2.45) is 0 Å². The van der Waals surface area contributed by atoms with E-state index in [9.17, 15) is 19.3 Å². The zero-order valence-corrected chi connectivity index (χ0v) is 10.6. The van der Waals surface area contributed by atoms with Crippen LogP contribution in [0.4, 0.5) is 10.1 Å². The number of non-ortho nitro benzene ring substituents is 1. The van der Waals surface area contributed by atoms with Crippen molar-refractivity contribution in [3.8, 4) is 11.5 Å². The van der Waals surface area contributed by atoms with E-state index in [2.05, 4.69) is 0 Å². The molecule has 20 heavy (non-hydrogen) atoms. The maximum Gasteiger partial charge on any atom is 0.271 e. The normalized spacial score (nSPS) is 10.1. The summed E-state index contributed by atoms with van der Waals surface area (Å²) in [7, 11) is 0. The summed E-state index contributed by atoms with van der Waals surface area (Å²) in [4.78, 5) is 20.8. The quantitative estimate of drug-likeness (QED) is 0.486. The molecule has 0 fully saturated rings. The summed E-state index contributed by atoms with van der Waals surface area (Å²) in [5.74, 6) is -0.655. The Morgan fingerprint density at radius 1 is 1.25 bits per heavy atom. The van der Waals surface area contributed by atoms with E-state index in [0.29, 0.717) is 6.29 Å². The maximum atomic E-state index is 13.4. The van der Waals surface area contributed by atoms with Crippen molar-refractivity contribution in [1.29, 1.82) is 0 Å². The molecule has 5 nitrogen and oxygen atoms in total. The van der Waals surface area contributed by atoms with Gasteiger partial charge in [0.25, 0.3) is 5.69 Å². The van der Waals surface area contributed by atoms with Crippen LogP contribution >= 0.6 is 11.6 Å². The third-order valence-electron chi connectivity index (χ3n) is 2.48. The Balaban J connectivity index is 2.38. The smallest absolute Gasteiger partial charge is 0.271 e. The Hall–Kier alpha value is -2.47. The molecule has 7 heteroatoms. The van der Waals surface area contributed by atoms with Gasteiger partial charge in [-0.3, -0.25) is 14.9 Å². The summed E-state index contributed by atoms with van der Waals surface area (Å²) in [6.45, 7) is 0. The van der Waals surface area contributed by atoms with Gasteiger partial charge in [0.2, 0.25) is 0 Å². The predicted molar refractivity (Wildman–Crippen MR) is 70.0 cm³/mol. The summed E-state index contributed by atoms with van der Waals surface area (Å²) in [5, 5.41) is 10.6. The van der Waals surface area contributed by atoms with Gasteiger partial charge in [-0.1, -0.05) is 17.7 Å². The van der Waals surface area contributed by atoms with Gasteiger partial charge in [-0.15, -0.1) is 0 Å². The molecule has 0 atom stereocenters. The van der Waals surface area contributed by atoms with Gasteiger partial charge in [0.05, 0.1) is 15.5 Å². The van der Waals surface area contributed by atoms with Crippen molar-refractivity contribution in [3.63, 3.8) is 0 Å². The number of carbonyl (C=O) groups is 1. The molecule has 0 aliphatic carbocycles. The Bertz CT molecular complexity index is 690. The van der Waals surface area contributed by atoms with Crippen molar-refractivity contribution >= 4 is 23.6 Å². The van der Waals surface area contributed by atoms with E-state index in [1.807, 2.05) is 0 Å². The van der Waals surface area contributed by atoms with Gasteiger partial charge >= 0.3 is 0 Å². The Kier molecular flexibility index (Phi) is 3.95. The fourth-order valence-corrected chi connectivity index (χ4v) is 1.74. The highest BCUT2D eigenvalue weighted by Gasteiger charge is 2.14. The predicted octanol–water partition coefficient (Wildman–Crippen LogP) is 3.99. The molecule has 0 N–H and O–H groups in total. The molecule has 0 unspecified atom stereocenters. The van der Waals surface area contributed by atoms with Gasteiger partial charge in [-0.25, -0.2) is 4.39 Å². The van der Waals surface area contributed by atoms with Crippen LogP contribution in [-0.2, 0) is 0 Å². The summed E-state index contributed by atoms with van der Waals surface area (Å²) in [5.41, 5.74) is -0.445. The van der Waals surface area contributed by atoms with Crippen molar-refractivity contribution in [3.05, 3.63) is 62.9 Å². The molecular weight excluding hydrogens is 289 g/mol. The second kappa shape index (κ2) is 5.66. The first-order chi connectivity index (χ1) is 9.52. The van der Waals surface area contributed by atoms with Crippen LogP contribution in [0.1, 0.15) is 10.4 Å². The molecule has 0 aliphatic heterocycles. The minimum absolute atomic E-state index is 0.0136. The largest absolute Gasteiger partial charge is 0.455 e. The van der Waals surface area contributed by atoms with Crippen LogP contribution in [0.5, 0.6) is 11.5 Å². The lowest BCUT2D eigenvalue weighted by Crippen LogP contribution is -1.95. The molecule has 2 aromatic rings. The highest BCUT2D eigenvalue weighted by Crippen LogP contribution is 2.33. The lowest BCUT2D eigenvalue weighted by molar-refractivity contribution is -0.384. The van der Waals surface area contributed by atoms with E-state index in [1.165, 1.54) is 24.3 Å². The van der Waals surface area contributed by atoms with Gasteiger partial charge in [-0.2, -0.15) is 0 Å². The Labute approximate surface area is 117 Å². The molecule has 2 aromatic carbocycles. The molecule has 0 heterocycles. The number of hydrogen-bond acceptors (Lipinski definition) is 4. The molecule has 0 radical (unpaired) electrons. The van der Waals surface area contributed by atoms with Crippen LogP contribution in [0, 0.1) is 15.9 Å². The fraction of sp³-hybridized carbons (Fsp3) is 0. The molecule has 0 aliphatic rings. The summed E-state index contributed by atoms with van der Waals surface area (Å²) >= 11 is 5.85. The molecule has 0 saturated carbocycles. The highest BCUT2D eigenvalue weighted by molar-refractivity contribution is 6.32. The average molecular weight is 296 g/mol. The van der Waals surface area contributed by atoms with Gasteiger partial charge in [0, 0.05) is 12.1 Å². The second-order valence-corrected chi connectivity index (χ2v) is 4.15. The van der Waals surface area contributed by atoms with E-state index in [-0.39, 0.29) is 27.8 Å². The van der Waals surface area contributed by atoms with E-state index >= 15 is 0 Å². The van der Waals surface area contributed by atoms with Crippen molar-refractivity contribution in [1.82, 2.24) is 0 Å². The number of carbonyl (C=O) groups excluding carboxylic acids is 1. The van der Waals surface area contributed by atoms with E-state index in [1.54, 1.807) is 0 Å². The first-order valence-electron chi connectivity index (χ1n) is 5.38. The van der Waals surface area contributed by atoms with Gasteiger partial charge in [-0.05, 0) is 18.2 Å². The summed E-state index contributed by atoms with van der Waals surface area (Å²) < 4.78 is 18.7. The highest BCUT2D eigenvalue weighted by atomic mass is 35.5. The van der Waals surface area contributed by atoms with Crippen molar-refractivity contribution < 1.29 is 18.8 Å². The van der Waals surface area contributed by atoms with Crippen LogP contribution < -0.4 is 4.74 Å². The van der Waals surface area contributed by atoms with Crippen LogP contribution in [0.2, 0.25) is 5.02 Å². The molecule has 0 amide bonds. The van der Waals surface area contributed by atoms with E-state index in [4.69, 9.17) is 16.3 Å². The van der Waals surface area contributed by atoms with Crippen LogP contribution in [0.25, 0.3) is 0 Å². The van der Waals surface area contributed by atoms with Gasteiger partial charge < -0.3 is 4.74 Å². The molecule has 0 saturated heterocycles. The lowest BCUT2D eigenvalue weighted by Gasteiger charge is -2.09. The molecule has 2 rings (SSSR count). The third-order valence-corrected chi connectivity index (χ3v) is 2.77. The van der Waals surface area contributed by atoms with E-state index < -0.39 is 10.7 Å². The van der Waals surface area contributed by atoms with Crippen molar-refractivity contribution in [2.75, 3.05) is 0 Å². The average Bonchev–Trinajstić information content (AvgIpc) is 2.41. The number of nitro groups is 1. The topological polar surface area (TPSA) is 69.4 Å². The zero-order valence-electron chi connectivity index (χ0n) is 9.88. The first-order valence-corrected chi connectivity index (χ1v) is 5.76. The SMILES string of the molecule is O=Cc1c(F)cccc1Oc1ccc([N+](=O)[O-])cc1Cl. The Morgan fingerprint density at radius 2 is 2.00 bits per heavy atom. The van der Waals surface area contributed by atoms with E-state index in [0.717, 1.165) is 12.1 Å². The number of aldehydes is 1. The zero-order chi connectivity index (χ0) is 14.7. The summed E-state index contributed by atoms with van der Waals surface area (Å²) in [6.07, 6.45) is 0.323. The number of rotatable bonds is 4. The maximum absolute atomic E-state index is 13.4. The van der Waals surface area contributed by atoms with Crippen molar-refractivity contribution in [2.45, 2.75) is 0 Å². The first kappa shape index (κ1) is 14.0. The molecule has 0 bridgehead atoms. The number of halogens is 2. The van der Waals surface area contributed by atoms with Gasteiger partial charge in [0.1, 0.15) is 17.3 Å². The molecule has 0 aromatic heterocycles. The molecule has 102 valence electrons.